The third-order valence-corrected chi connectivity index (χ3v) is 3.12. The van der Waals surface area contributed by atoms with E-state index in [4.69, 9.17) is 12.2 Å². The Morgan fingerprint density at radius 1 is 1.40 bits per heavy atom. The van der Waals surface area contributed by atoms with Gasteiger partial charge in [0.05, 0.1) is 0 Å². The van der Waals surface area contributed by atoms with Gasteiger partial charge in [0.2, 0.25) is 0 Å². The standard InChI is InChI=1S/C13H17NS/c1-3-4-5-6-13(14)11-7-9-12(15-2)10-8-11/h1,7-10,13H,4-6,14H2,2H3. The van der Waals surface area contributed by atoms with Crippen LogP contribution in [0.5, 0.6) is 0 Å². The highest BCUT2D eigenvalue weighted by Gasteiger charge is 2.04. The molecule has 0 aliphatic rings. The van der Waals surface area contributed by atoms with Crippen molar-refractivity contribution in [2.24, 2.45) is 5.73 Å². The first-order valence-corrected chi connectivity index (χ1v) is 6.33. The van der Waals surface area contributed by atoms with Gasteiger partial charge in [-0.15, -0.1) is 24.1 Å². The number of terminal acetylenes is 1. The summed E-state index contributed by atoms with van der Waals surface area (Å²) in [6.45, 7) is 0. The van der Waals surface area contributed by atoms with E-state index in [2.05, 4.69) is 36.4 Å². The molecule has 1 nitrogen and oxygen atoms in total. The summed E-state index contributed by atoms with van der Waals surface area (Å²) in [6.07, 6.45) is 10.0. The first-order valence-electron chi connectivity index (χ1n) is 5.11. The van der Waals surface area contributed by atoms with Crippen molar-refractivity contribution >= 4 is 11.8 Å². The fourth-order valence-corrected chi connectivity index (χ4v) is 1.85. The average molecular weight is 219 g/mol. The van der Waals surface area contributed by atoms with E-state index in [1.54, 1.807) is 11.8 Å². The van der Waals surface area contributed by atoms with Crippen molar-refractivity contribution in [1.29, 1.82) is 0 Å². The molecule has 0 radical (unpaired) electrons. The second kappa shape index (κ2) is 6.55. The van der Waals surface area contributed by atoms with Gasteiger partial charge in [0, 0.05) is 17.4 Å². The van der Waals surface area contributed by atoms with E-state index in [-0.39, 0.29) is 6.04 Å². The molecule has 0 amide bonds. The molecule has 0 aliphatic heterocycles. The first kappa shape index (κ1) is 12.2. The molecule has 1 atom stereocenters. The largest absolute Gasteiger partial charge is 0.324 e. The maximum absolute atomic E-state index is 6.05. The maximum atomic E-state index is 6.05. The number of unbranched alkanes of at least 4 members (excludes halogenated alkanes) is 1. The Morgan fingerprint density at radius 2 is 2.07 bits per heavy atom. The molecule has 1 unspecified atom stereocenters. The second-order valence-corrected chi connectivity index (χ2v) is 4.36. The molecule has 80 valence electrons. The molecule has 15 heavy (non-hydrogen) atoms. The summed E-state index contributed by atoms with van der Waals surface area (Å²) in [5.41, 5.74) is 7.25. The van der Waals surface area contributed by atoms with E-state index >= 15 is 0 Å². The van der Waals surface area contributed by atoms with Gasteiger partial charge in [-0.25, -0.2) is 0 Å². The lowest BCUT2D eigenvalue weighted by atomic mass is 10.0. The van der Waals surface area contributed by atoms with Crippen LogP contribution in [-0.2, 0) is 0 Å². The molecule has 2 N–H and O–H groups in total. The van der Waals surface area contributed by atoms with Crippen LogP contribution in [0.15, 0.2) is 29.2 Å². The average Bonchev–Trinajstić information content (AvgIpc) is 2.29. The predicted molar refractivity (Wildman–Crippen MR) is 67.8 cm³/mol. The van der Waals surface area contributed by atoms with Crippen LogP contribution in [0.25, 0.3) is 0 Å². The molecule has 0 aliphatic carbocycles. The van der Waals surface area contributed by atoms with Gasteiger partial charge in [-0.3, -0.25) is 0 Å². The Balaban J connectivity index is 2.51. The summed E-state index contributed by atoms with van der Waals surface area (Å²) in [4.78, 5) is 1.27. The monoisotopic (exact) mass is 219 g/mol. The van der Waals surface area contributed by atoms with E-state index in [0.717, 1.165) is 19.3 Å². The minimum Gasteiger partial charge on any atom is -0.324 e. The number of hydrogen-bond acceptors (Lipinski definition) is 2. The number of rotatable bonds is 5. The van der Waals surface area contributed by atoms with Crippen molar-refractivity contribution in [2.75, 3.05) is 6.26 Å². The molecule has 0 bridgehead atoms. The Bertz CT molecular complexity index is 323. The Labute approximate surface area is 96.4 Å². The lowest BCUT2D eigenvalue weighted by Gasteiger charge is -2.11. The van der Waals surface area contributed by atoms with E-state index in [0.29, 0.717) is 0 Å². The van der Waals surface area contributed by atoms with Crippen LogP contribution in [-0.4, -0.2) is 6.26 Å². The molecule has 1 rings (SSSR count). The molecular formula is C13H17NS. The van der Waals surface area contributed by atoms with Gasteiger partial charge >= 0.3 is 0 Å². The fraction of sp³-hybridized carbons (Fsp3) is 0.385. The molecule has 0 heterocycles. The van der Waals surface area contributed by atoms with Crippen molar-refractivity contribution in [3.8, 4) is 12.3 Å². The normalized spacial score (nSPS) is 12.1. The Hall–Kier alpha value is -0.910. The van der Waals surface area contributed by atoms with Crippen molar-refractivity contribution in [3.63, 3.8) is 0 Å². The van der Waals surface area contributed by atoms with Gasteiger partial charge in [-0.2, -0.15) is 0 Å². The highest BCUT2D eigenvalue weighted by atomic mass is 32.2. The van der Waals surface area contributed by atoms with Gasteiger partial charge in [0.25, 0.3) is 0 Å². The van der Waals surface area contributed by atoms with Crippen molar-refractivity contribution < 1.29 is 0 Å². The van der Waals surface area contributed by atoms with Crippen LogP contribution in [0.4, 0.5) is 0 Å². The molecule has 1 aromatic carbocycles. The lowest BCUT2D eigenvalue weighted by molar-refractivity contribution is 0.621. The minimum absolute atomic E-state index is 0.120. The Kier molecular flexibility index (Phi) is 5.31. The molecule has 0 fully saturated rings. The van der Waals surface area contributed by atoms with Crippen LogP contribution in [0, 0.1) is 12.3 Å². The summed E-state index contributed by atoms with van der Waals surface area (Å²) in [5, 5.41) is 0. The lowest BCUT2D eigenvalue weighted by Crippen LogP contribution is -2.09. The fourth-order valence-electron chi connectivity index (χ4n) is 1.44. The van der Waals surface area contributed by atoms with Crippen LogP contribution in [0.3, 0.4) is 0 Å². The van der Waals surface area contributed by atoms with Crippen molar-refractivity contribution in [3.05, 3.63) is 29.8 Å². The SMILES string of the molecule is C#CCCCC(N)c1ccc(SC)cc1. The van der Waals surface area contributed by atoms with Crippen LogP contribution >= 0.6 is 11.8 Å². The summed E-state index contributed by atoms with van der Waals surface area (Å²) in [5.74, 6) is 2.63. The van der Waals surface area contributed by atoms with E-state index in [1.807, 2.05) is 0 Å². The zero-order valence-electron chi connectivity index (χ0n) is 9.07. The summed E-state index contributed by atoms with van der Waals surface area (Å²) < 4.78 is 0. The zero-order valence-corrected chi connectivity index (χ0v) is 9.89. The predicted octanol–water partition coefficient (Wildman–Crippen LogP) is 3.21. The number of benzene rings is 1. The van der Waals surface area contributed by atoms with E-state index in [1.165, 1.54) is 10.5 Å². The summed E-state index contributed by atoms with van der Waals surface area (Å²) in [7, 11) is 0. The maximum Gasteiger partial charge on any atom is 0.0295 e. The molecule has 1 aromatic rings. The summed E-state index contributed by atoms with van der Waals surface area (Å²) in [6, 6.07) is 8.55. The third-order valence-electron chi connectivity index (χ3n) is 2.38. The third kappa shape index (κ3) is 3.99. The van der Waals surface area contributed by atoms with Crippen molar-refractivity contribution in [1.82, 2.24) is 0 Å². The zero-order chi connectivity index (χ0) is 11.1. The van der Waals surface area contributed by atoms with E-state index < -0.39 is 0 Å². The first-order chi connectivity index (χ1) is 7.27. The second-order valence-electron chi connectivity index (χ2n) is 3.48. The highest BCUT2D eigenvalue weighted by molar-refractivity contribution is 7.98. The van der Waals surface area contributed by atoms with Crippen LogP contribution < -0.4 is 5.73 Å². The molecular weight excluding hydrogens is 202 g/mol. The number of nitrogens with two attached hydrogens (primary N) is 1. The molecule has 0 saturated carbocycles. The van der Waals surface area contributed by atoms with Crippen LogP contribution in [0.2, 0.25) is 0 Å². The number of thioether (sulfide) groups is 1. The number of hydrogen-bond donors (Lipinski definition) is 1. The smallest absolute Gasteiger partial charge is 0.0295 e. The van der Waals surface area contributed by atoms with Gasteiger partial charge in [-0.1, -0.05) is 12.1 Å². The van der Waals surface area contributed by atoms with Crippen molar-refractivity contribution in [2.45, 2.75) is 30.2 Å². The summed E-state index contributed by atoms with van der Waals surface area (Å²) >= 11 is 1.74. The van der Waals surface area contributed by atoms with Gasteiger partial charge < -0.3 is 5.73 Å². The van der Waals surface area contributed by atoms with Crippen LogP contribution in [0.1, 0.15) is 30.9 Å². The minimum atomic E-state index is 0.120. The van der Waals surface area contributed by atoms with Gasteiger partial charge in [0.15, 0.2) is 0 Å². The van der Waals surface area contributed by atoms with E-state index in [9.17, 15) is 0 Å². The quantitative estimate of drug-likeness (QED) is 0.467. The molecule has 2 heteroatoms. The highest BCUT2D eigenvalue weighted by Crippen LogP contribution is 2.20. The van der Waals surface area contributed by atoms with Gasteiger partial charge in [0.1, 0.15) is 0 Å². The van der Waals surface area contributed by atoms with Gasteiger partial charge in [-0.05, 0) is 36.8 Å². The molecule has 0 spiro atoms. The molecule has 0 saturated heterocycles. The Morgan fingerprint density at radius 3 is 2.60 bits per heavy atom. The molecule has 0 aromatic heterocycles. The topological polar surface area (TPSA) is 26.0 Å².